The van der Waals surface area contributed by atoms with Gasteiger partial charge in [0.25, 0.3) is 0 Å². The van der Waals surface area contributed by atoms with Crippen molar-refractivity contribution in [2.45, 2.75) is 25.9 Å². The largest absolute Gasteiger partial charge is 0.380 e. The van der Waals surface area contributed by atoms with Gasteiger partial charge in [0.1, 0.15) is 0 Å². The highest BCUT2D eigenvalue weighted by Crippen LogP contribution is 2.12. The molecule has 1 N–H and O–H groups in total. The Morgan fingerprint density at radius 1 is 1.39 bits per heavy atom. The second kappa shape index (κ2) is 6.52. The average molecular weight is 247 g/mol. The van der Waals surface area contributed by atoms with E-state index in [0.29, 0.717) is 6.04 Å². The van der Waals surface area contributed by atoms with Crippen LogP contribution in [0.4, 0.5) is 0 Å². The molecule has 0 saturated carbocycles. The van der Waals surface area contributed by atoms with Gasteiger partial charge in [-0.15, -0.1) is 0 Å². The van der Waals surface area contributed by atoms with Crippen molar-refractivity contribution in [2.24, 2.45) is 0 Å². The molecule has 2 rings (SSSR count). The van der Waals surface area contributed by atoms with E-state index in [1.807, 2.05) is 31.6 Å². The minimum atomic E-state index is 0.314. The van der Waals surface area contributed by atoms with Crippen molar-refractivity contribution < 1.29 is 4.74 Å². The first-order valence-electron chi connectivity index (χ1n) is 6.50. The fourth-order valence-corrected chi connectivity index (χ4v) is 1.99. The second-order valence-electron chi connectivity index (χ2n) is 4.45. The molecule has 4 heteroatoms. The lowest BCUT2D eigenvalue weighted by Gasteiger charge is -2.17. The molecule has 0 saturated heterocycles. The number of nitrogens with one attached hydrogen (secondary N) is 1. The summed E-state index contributed by atoms with van der Waals surface area (Å²) in [6.07, 6.45) is 2.96. The van der Waals surface area contributed by atoms with Crippen LogP contribution in [0.25, 0.3) is 11.0 Å². The molecule has 1 unspecified atom stereocenters. The van der Waals surface area contributed by atoms with Crippen LogP contribution in [0, 0.1) is 0 Å². The smallest absolute Gasteiger partial charge is 0.0958 e. The molecule has 0 aliphatic heterocycles. The molecule has 0 radical (unpaired) electrons. The third-order valence-corrected chi connectivity index (χ3v) is 3.02. The molecule has 0 aliphatic rings. The van der Waals surface area contributed by atoms with Crippen molar-refractivity contribution in [2.75, 3.05) is 20.3 Å². The lowest BCUT2D eigenvalue weighted by Crippen LogP contribution is -2.34. The molecule has 0 amide bonds. The summed E-state index contributed by atoms with van der Waals surface area (Å²) in [6, 6.07) is 8.51. The second-order valence-corrected chi connectivity index (χ2v) is 4.45. The molecule has 1 aromatic heterocycles. The number of imidazole rings is 1. The summed E-state index contributed by atoms with van der Waals surface area (Å²) in [4.78, 5) is 4.40. The molecule has 0 aliphatic carbocycles. The van der Waals surface area contributed by atoms with Gasteiger partial charge in [-0.05, 0) is 25.6 Å². The van der Waals surface area contributed by atoms with Gasteiger partial charge in [0.15, 0.2) is 0 Å². The Morgan fingerprint density at radius 2 is 2.22 bits per heavy atom. The van der Waals surface area contributed by atoms with Crippen molar-refractivity contribution in [3.8, 4) is 0 Å². The number of fused-ring (bicyclic) bond motifs is 1. The van der Waals surface area contributed by atoms with E-state index in [4.69, 9.17) is 4.74 Å². The van der Waals surface area contributed by atoms with Gasteiger partial charge < -0.3 is 14.6 Å². The van der Waals surface area contributed by atoms with Gasteiger partial charge in [0, 0.05) is 19.2 Å². The van der Waals surface area contributed by atoms with E-state index in [-0.39, 0.29) is 0 Å². The summed E-state index contributed by atoms with van der Waals surface area (Å²) in [5, 5.41) is 3.29. The zero-order valence-corrected chi connectivity index (χ0v) is 11.1. The van der Waals surface area contributed by atoms with Crippen molar-refractivity contribution >= 4 is 11.0 Å². The van der Waals surface area contributed by atoms with Crippen molar-refractivity contribution in [1.82, 2.24) is 14.9 Å². The van der Waals surface area contributed by atoms with Crippen LogP contribution in [-0.2, 0) is 11.3 Å². The number of benzene rings is 1. The molecule has 1 aromatic carbocycles. The van der Waals surface area contributed by atoms with Gasteiger partial charge in [0.2, 0.25) is 0 Å². The highest BCUT2D eigenvalue weighted by molar-refractivity contribution is 5.74. The quantitative estimate of drug-likeness (QED) is 0.761. The van der Waals surface area contributed by atoms with Gasteiger partial charge in [-0.3, -0.25) is 0 Å². The molecule has 4 nitrogen and oxygen atoms in total. The summed E-state index contributed by atoms with van der Waals surface area (Å²) >= 11 is 0. The minimum Gasteiger partial charge on any atom is -0.380 e. The maximum Gasteiger partial charge on any atom is 0.0958 e. The topological polar surface area (TPSA) is 39.1 Å². The Labute approximate surface area is 108 Å². The van der Waals surface area contributed by atoms with Crippen LogP contribution < -0.4 is 5.32 Å². The summed E-state index contributed by atoms with van der Waals surface area (Å²) in [5.74, 6) is 0. The third-order valence-electron chi connectivity index (χ3n) is 3.02. The van der Waals surface area contributed by atoms with E-state index in [1.54, 1.807) is 0 Å². The van der Waals surface area contributed by atoms with Crippen LogP contribution in [0.2, 0.25) is 0 Å². The highest BCUT2D eigenvalue weighted by atomic mass is 16.5. The maximum atomic E-state index is 5.60. The van der Waals surface area contributed by atoms with Gasteiger partial charge in [-0.1, -0.05) is 19.1 Å². The zero-order valence-electron chi connectivity index (χ0n) is 11.1. The van der Waals surface area contributed by atoms with Gasteiger partial charge in [0.05, 0.1) is 24.0 Å². The van der Waals surface area contributed by atoms with E-state index in [1.165, 1.54) is 5.52 Å². The highest BCUT2D eigenvalue weighted by Gasteiger charge is 2.09. The molecule has 0 fully saturated rings. The minimum absolute atomic E-state index is 0.314. The van der Waals surface area contributed by atoms with Gasteiger partial charge in [-0.2, -0.15) is 0 Å². The average Bonchev–Trinajstić information content (AvgIpc) is 2.81. The Balaban J connectivity index is 2.02. The summed E-state index contributed by atoms with van der Waals surface area (Å²) < 4.78 is 7.77. The van der Waals surface area contributed by atoms with Crippen LogP contribution >= 0.6 is 0 Å². The van der Waals surface area contributed by atoms with Crippen molar-refractivity contribution in [1.29, 1.82) is 0 Å². The molecular formula is C14H21N3O. The summed E-state index contributed by atoms with van der Waals surface area (Å²) in [6.45, 7) is 4.55. The van der Waals surface area contributed by atoms with Crippen LogP contribution in [0.15, 0.2) is 30.6 Å². The van der Waals surface area contributed by atoms with Crippen molar-refractivity contribution in [3.63, 3.8) is 0 Å². The first-order chi connectivity index (χ1) is 8.85. The molecule has 0 spiro atoms. The molecule has 1 heterocycles. The number of rotatable bonds is 7. The van der Waals surface area contributed by atoms with Crippen LogP contribution in [0.5, 0.6) is 0 Å². The fraction of sp³-hybridized carbons (Fsp3) is 0.500. The Bertz CT molecular complexity index is 481. The van der Waals surface area contributed by atoms with Crippen LogP contribution in [0.3, 0.4) is 0 Å². The molecule has 98 valence electrons. The number of hydrogen-bond acceptors (Lipinski definition) is 3. The predicted molar refractivity (Wildman–Crippen MR) is 73.7 cm³/mol. The first-order valence-corrected chi connectivity index (χ1v) is 6.50. The zero-order chi connectivity index (χ0) is 12.8. The number of nitrogens with zero attached hydrogens (tertiary/aromatic N) is 2. The lowest BCUT2D eigenvalue weighted by atomic mass is 10.3. The summed E-state index contributed by atoms with van der Waals surface area (Å²) in [7, 11) is 1.97. The standard InChI is InChI=1S/C14H21N3O/c1-3-8-18-10-12(15-2)9-17-11-16-13-6-4-5-7-14(13)17/h4-7,11-12,15H,3,8-10H2,1-2H3. The Morgan fingerprint density at radius 3 is 3.00 bits per heavy atom. The molecular weight excluding hydrogens is 226 g/mol. The lowest BCUT2D eigenvalue weighted by molar-refractivity contribution is 0.109. The van der Waals surface area contributed by atoms with E-state index >= 15 is 0 Å². The monoisotopic (exact) mass is 247 g/mol. The number of aromatic nitrogens is 2. The first kappa shape index (κ1) is 13.1. The van der Waals surface area contributed by atoms with E-state index in [0.717, 1.165) is 31.7 Å². The summed E-state index contributed by atoms with van der Waals surface area (Å²) in [5.41, 5.74) is 2.22. The SMILES string of the molecule is CCCOCC(Cn1cnc2ccccc21)NC. The fourth-order valence-electron chi connectivity index (χ4n) is 1.99. The van der Waals surface area contributed by atoms with Crippen LogP contribution in [0.1, 0.15) is 13.3 Å². The Kier molecular flexibility index (Phi) is 4.73. The third kappa shape index (κ3) is 3.09. The number of para-hydroxylation sites is 2. The number of likely N-dealkylation sites (N-methyl/N-ethyl adjacent to an activating group) is 1. The van der Waals surface area contributed by atoms with Gasteiger partial charge >= 0.3 is 0 Å². The molecule has 1 atom stereocenters. The van der Waals surface area contributed by atoms with Gasteiger partial charge in [-0.25, -0.2) is 4.98 Å². The van der Waals surface area contributed by atoms with E-state index in [2.05, 4.69) is 27.9 Å². The molecule has 2 aromatic rings. The number of hydrogen-bond donors (Lipinski definition) is 1. The molecule has 18 heavy (non-hydrogen) atoms. The maximum absolute atomic E-state index is 5.60. The van der Waals surface area contributed by atoms with E-state index in [9.17, 15) is 0 Å². The Hall–Kier alpha value is -1.39. The van der Waals surface area contributed by atoms with E-state index < -0.39 is 0 Å². The molecule has 0 bridgehead atoms. The predicted octanol–water partition coefficient (Wildman–Crippen LogP) is 2.05. The van der Waals surface area contributed by atoms with Crippen molar-refractivity contribution in [3.05, 3.63) is 30.6 Å². The number of ether oxygens (including phenoxy) is 1. The normalized spacial score (nSPS) is 13.0. The van der Waals surface area contributed by atoms with Crippen LogP contribution in [-0.4, -0.2) is 35.9 Å².